The molecule has 2 heterocycles. The Kier molecular flexibility index (Phi) is 4.58. The molecule has 2 atom stereocenters. The van der Waals surface area contributed by atoms with Crippen molar-refractivity contribution in [1.29, 1.82) is 0 Å². The quantitative estimate of drug-likeness (QED) is 0.644. The summed E-state index contributed by atoms with van der Waals surface area (Å²) < 4.78 is 1.43. The number of nitrogens with one attached hydrogen (secondary N) is 2. The first-order valence-electron chi connectivity index (χ1n) is 9.38. The molecule has 0 radical (unpaired) electrons. The van der Waals surface area contributed by atoms with Crippen molar-refractivity contribution < 1.29 is 9.59 Å². The van der Waals surface area contributed by atoms with E-state index in [2.05, 4.69) is 22.4 Å². The molecule has 0 spiro atoms. The van der Waals surface area contributed by atoms with Gasteiger partial charge in [0.05, 0.1) is 18.3 Å². The number of hydrogen-bond donors (Lipinski definition) is 2. The van der Waals surface area contributed by atoms with Crippen molar-refractivity contribution in [3.05, 3.63) is 63.7 Å². The molecule has 2 N–H and O–H groups in total. The second-order valence-electron chi connectivity index (χ2n) is 7.51. The van der Waals surface area contributed by atoms with Gasteiger partial charge in [0.2, 0.25) is 0 Å². The Bertz CT molecular complexity index is 1130. The third kappa shape index (κ3) is 3.35. The molecule has 1 amide bonds. The lowest BCUT2D eigenvalue weighted by atomic mass is 10.0. The number of aromatic amines is 1. The van der Waals surface area contributed by atoms with Crippen molar-refractivity contribution in [3.8, 4) is 0 Å². The van der Waals surface area contributed by atoms with Crippen LogP contribution < -0.4 is 10.9 Å². The Morgan fingerprint density at radius 1 is 1.36 bits per heavy atom. The van der Waals surface area contributed by atoms with Crippen molar-refractivity contribution in [3.63, 3.8) is 0 Å². The van der Waals surface area contributed by atoms with E-state index >= 15 is 0 Å². The lowest BCUT2D eigenvalue weighted by Crippen LogP contribution is -2.32. The number of amides is 1. The van der Waals surface area contributed by atoms with E-state index in [4.69, 9.17) is 0 Å². The van der Waals surface area contributed by atoms with E-state index < -0.39 is 11.5 Å². The maximum Gasteiger partial charge on any atom is 0.263 e. The molecule has 28 heavy (non-hydrogen) atoms. The normalized spacial score (nSPS) is 18.2. The second kappa shape index (κ2) is 7.07. The molecule has 1 saturated carbocycles. The summed E-state index contributed by atoms with van der Waals surface area (Å²) in [4.78, 5) is 37.8. The van der Waals surface area contributed by atoms with E-state index in [1.807, 2.05) is 18.2 Å². The SMILES string of the molecule is CNC(=O)c1cc(C(=O)C[C@H]2C[C@@H]2C)cn(Cc2cccc3cn[nH]c23)c1=O. The molecule has 144 valence electrons. The fourth-order valence-electron chi connectivity index (χ4n) is 3.59. The minimum Gasteiger partial charge on any atom is -0.355 e. The van der Waals surface area contributed by atoms with Crippen LogP contribution in [0.1, 0.15) is 46.0 Å². The van der Waals surface area contributed by atoms with E-state index in [1.165, 1.54) is 17.7 Å². The molecule has 7 nitrogen and oxygen atoms in total. The first-order chi connectivity index (χ1) is 13.5. The van der Waals surface area contributed by atoms with Crippen molar-refractivity contribution >= 4 is 22.6 Å². The predicted molar refractivity (Wildman–Crippen MR) is 106 cm³/mol. The van der Waals surface area contributed by atoms with Gasteiger partial charge in [-0.25, -0.2) is 0 Å². The number of rotatable bonds is 6. The summed E-state index contributed by atoms with van der Waals surface area (Å²) in [7, 11) is 1.47. The molecule has 4 rings (SSSR count). The molecule has 0 unspecified atom stereocenters. The highest BCUT2D eigenvalue weighted by atomic mass is 16.2. The van der Waals surface area contributed by atoms with Gasteiger partial charge in [-0.15, -0.1) is 0 Å². The highest BCUT2D eigenvalue weighted by Crippen LogP contribution is 2.41. The topological polar surface area (TPSA) is 96.8 Å². The number of pyridine rings is 1. The third-order valence-corrected chi connectivity index (χ3v) is 5.51. The molecule has 0 aliphatic heterocycles. The Morgan fingerprint density at radius 2 is 2.14 bits per heavy atom. The number of aromatic nitrogens is 3. The minimum absolute atomic E-state index is 0.0195. The van der Waals surface area contributed by atoms with Gasteiger partial charge in [0.25, 0.3) is 11.5 Å². The lowest BCUT2D eigenvalue weighted by molar-refractivity contribution is 0.0961. The summed E-state index contributed by atoms with van der Waals surface area (Å²) in [5.74, 6) is 0.433. The number of benzene rings is 1. The molecular formula is C21H22N4O3. The van der Waals surface area contributed by atoms with Crippen LogP contribution in [0.25, 0.3) is 10.9 Å². The fourth-order valence-corrected chi connectivity index (χ4v) is 3.59. The van der Waals surface area contributed by atoms with Gasteiger partial charge in [0, 0.05) is 30.6 Å². The van der Waals surface area contributed by atoms with Crippen LogP contribution in [0.2, 0.25) is 0 Å². The van der Waals surface area contributed by atoms with Gasteiger partial charge in [-0.05, 0) is 29.9 Å². The fraction of sp³-hybridized carbons (Fsp3) is 0.333. The molecule has 0 saturated heterocycles. The van der Waals surface area contributed by atoms with E-state index in [9.17, 15) is 14.4 Å². The average Bonchev–Trinajstić information content (AvgIpc) is 3.17. The number of Topliss-reactive ketones (excluding diaryl/α,β-unsaturated/α-hetero) is 1. The number of carbonyl (C=O) groups is 2. The third-order valence-electron chi connectivity index (χ3n) is 5.51. The van der Waals surface area contributed by atoms with Crippen molar-refractivity contribution in [2.45, 2.75) is 26.3 Å². The summed E-state index contributed by atoms with van der Waals surface area (Å²) in [5.41, 5.74) is 1.65. The Labute approximate surface area is 161 Å². The number of fused-ring (bicyclic) bond motifs is 1. The highest BCUT2D eigenvalue weighted by Gasteiger charge is 2.34. The number of para-hydroxylation sites is 1. The summed E-state index contributed by atoms with van der Waals surface area (Å²) in [6.07, 6.45) is 4.78. The zero-order chi connectivity index (χ0) is 19.8. The predicted octanol–water partition coefficient (Wildman–Crippen LogP) is 2.36. The van der Waals surface area contributed by atoms with Crippen LogP contribution in [0, 0.1) is 11.8 Å². The maximum absolute atomic E-state index is 12.9. The summed E-state index contributed by atoms with van der Waals surface area (Å²) >= 11 is 0. The molecule has 1 aromatic carbocycles. The average molecular weight is 378 g/mol. The summed E-state index contributed by atoms with van der Waals surface area (Å²) in [6.45, 7) is 2.36. The maximum atomic E-state index is 12.9. The van der Waals surface area contributed by atoms with Crippen LogP contribution in [0.4, 0.5) is 0 Å². The number of nitrogens with zero attached hydrogens (tertiary/aromatic N) is 2. The Hall–Kier alpha value is -3.22. The number of ketones is 1. The monoisotopic (exact) mass is 378 g/mol. The van der Waals surface area contributed by atoms with Crippen molar-refractivity contribution in [2.24, 2.45) is 11.8 Å². The minimum atomic E-state index is -0.493. The molecule has 7 heteroatoms. The second-order valence-corrected chi connectivity index (χ2v) is 7.51. The standard InChI is InChI=1S/C21H22N4O3/c1-12-6-15(12)8-18(26)16-7-17(20(27)22-2)21(28)25(11-16)10-14-5-3-4-13-9-23-24-19(13)14/h3-5,7,9,11-12,15H,6,8,10H2,1-2H3,(H,22,27)(H,23,24)/t12-,15+/m0/s1. The van der Waals surface area contributed by atoms with Gasteiger partial charge >= 0.3 is 0 Å². The first kappa shape index (κ1) is 18.2. The van der Waals surface area contributed by atoms with E-state index in [1.54, 1.807) is 12.4 Å². The zero-order valence-corrected chi connectivity index (χ0v) is 15.9. The first-order valence-corrected chi connectivity index (χ1v) is 9.38. The highest BCUT2D eigenvalue weighted by molar-refractivity contribution is 6.00. The van der Waals surface area contributed by atoms with Crippen molar-refractivity contribution in [2.75, 3.05) is 7.05 Å². The molecule has 1 fully saturated rings. The zero-order valence-electron chi connectivity index (χ0n) is 15.9. The van der Waals surface area contributed by atoms with Gasteiger partial charge in [-0.1, -0.05) is 25.1 Å². The molecular weight excluding hydrogens is 356 g/mol. The van der Waals surface area contributed by atoms with E-state index in [-0.39, 0.29) is 17.9 Å². The molecule has 1 aliphatic rings. The van der Waals surface area contributed by atoms with Gasteiger partial charge in [0.15, 0.2) is 5.78 Å². The van der Waals surface area contributed by atoms with E-state index in [0.29, 0.717) is 23.8 Å². The largest absolute Gasteiger partial charge is 0.355 e. The van der Waals surface area contributed by atoms with Gasteiger partial charge in [-0.3, -0.25) is 19.5 Å². The van der Waals surface area contributed by atoms with Crippen LogP contribution in [-0.2, 0) is 6.54 Å². The molecule has 2 aromatic heterocycles. The molecule has 1 aliphatic carbocycles. The van der Waals surface area contributed by atoms with Gasteiger partial charge < -0.3 is 9.88 Å². The molecule has 3 aromatic rings. The van der Waals surface area contributed by atoms with Crippen LogP contribution in [-0.4, -0.2) is 33.5 Å². The van der Waals surface area contributed by atoms with Crippen LogP contribution in [0.5, 0.6) is 0 Å². The van der Waals surface area contributed by atoms with Gasteiger partial charge in [0.1, 0.15) is 5.56 Å². The lowest BCUT2D eigenvalue weighted by Gasteiger charge is -2.12. The Morgan fingerprint density at radius 3 is 2.86 bits per heavy atom. The van der Waals surface area contributed by atoms with Crippen LogP contribution in [0.3, 0.4) is 0 Å². The Balaban J connectivity index is 1.75. The van der Waals surface area contributed by atoms with Gasteiger partial charge in [-0.2, -0.15) is 5.10 Å². The van der Waals surface area contributed by atoms with E-state index in [0.717, 1.165) is 22.9 Å². The number of carbonyl (C=O) groups excluding carboxylic acids is 2. The van der Waals surface area contributed by atoms with Crippen LogP contribution in [0.15, 0.2) is 41.5 Å². The van der Waals surface area contributed by atoms with Crippen molar-refractivity contribution in [1.82, 2.24) is 20.1 Å². The summed E-state index contributed by atoms with van der Waals surface area (Å²) in [5, 5.41) is 10.4. The van der Waals surface area contributed by atoms with Crippen LogP contribution >= 0.6 is 0 Å². The number of H-pyrrole nitrogens is 1. The molecule has 0 bridgehead atoms. The number of hydrogen-bond acceptors (Lipinski definition) is 4. The smallest absolute Gasteiger partial charge is 0.263 e. The summed E-state index contributed by atoms with van der Waals surface area (Å²) in [6, 6.07) is 7.13.